The molecule has 0 N–H and O–H groups in total. The number of benzene rings is 2. The number of aryl methyl sites for hydroxylation is 1. The molecule has 1 saturated heterocycles. The molecule has 0 saturated carbocycles. The lowest BCUT2D eigenvalue weighted by Gasteiger charge is -2.32. The van der Waals surface area contributed by atoms with Crippen LogP contribution in [0.5, 0.6) is 0 Å². The predicted molar refractivity (Wildman–Crippen MR) is 97.4 cm³/mol. The molecule has 3 nitrogen and oxygen atoms in total. The van der Waals surface area contributed by atoms with Gasteiger partial charge in [0.25, 0.3) is 0 Å². The van der Waals surface area contributed by atoms with Crippen LogP contribution in [0.4, 0.5) is 0 Å². The second kappa shape index (κ2) is 5.71. The molecule has 2 atom stereocenters. The largest absolute Gasteiger partial charge is 0.243 e. The third-order valence-corrected chi connectivity index (χ3v) is 7.05. The van der Waals surface area contributed by atoms with Gasteiger partial charge in [0.1, 0.15) is 0 Å². The molecule has 0 aliphatic carbocycles. The van der Waals surface area contributed by atoms with Gasteiger partial charge in [-0.15, -0.1) is 0 Å². The molecular formula is C20H25NO2S. The van der Waals surface area contributed by atoms with Crippen molar-refractivity contribution in [3.63, 3.8) is 0 Å². The highest BCUT2D eigenvalue weighted by molar-refractivity contribution is 7.89. The molecule has 1 aliphatic rings. The summed E-state index contributed by atoms with van der Waals surface area (Å²) in [5.41, 5.74) is 1.73. The van der Waals surface area contributed by atoms with Crippen molar-refractivity contribution >= 4 is 10.0 Å². The van der Waals surface area contributed by atoms with E-state index < -0.39 is 10.0 Å². The van der Waals surface area contributed by atoms with Crippen molar-refractivity contribution in [2.24, 2.45) is 5.41 Å². The van der Waals surface area contributed by atoms with Gasteiger partial charge in [0, 0.05) is 6.54 Å². The molecule has 128 valence electrons. The molecule has 0 amide bonds. The van der Waals surface area contributed by atoms with E-state index in [9.17, 15) is 8.42 Å². The summed E-state index contributed by atoms with van der Waals surface area (Å²) < 4.78 is 27.8. The summed E-state index contributed by atoms with van der Waals surface area (Å²) in [5, 5.41) is 0. The van der Waals surface area contributed by atoms with Crippen molar-refractivity contribution in [2.75, 3.05) is 6.54 Å². The fourth-order valence-corrected chi connectivity index (χ4v) is 5.23. The number of hydrogen-bond acceptors (Lipinski definition) is 2. The van der Waals surface area contributed by atoms with Crippen LogP contribution >= 0.6 is 0 Å². The van der Waals surface area contributed by atoms with Crippen LogP contribution in [0.25, 0.3) is 0 Å². The van der Waals surface area contributed by atoms with E-state index >= 15 is 0 Å². The van der Waals surface area contributed by atoms with E-state index in [-0.39, 0.29) is 11.0 Å². The van der Waals surface area contributed by atoms with E-state index in [1.807, 2.05) is 37.3 Å². The molecule has 2 aromatic carbocycles. The molecule has 2 unspecified atom stereocenters. The Morgan fingerprint density at radius 1 is 1.00 bits per heavy atom. The summed E-state index contributed by atoms with van der Waals surface area (Å²) >= 11 is 0. The molecule has 1 aliphatic heterocycles. The maximum absolute atomic E-state index is 13.1. The Morgan fingerprint density at radius 2 is 1.58 bits per heavy atom. The van der Waals surface area contributed by atoms with Crippen LogP contribution in [-0.2, 0) is 16.4 Å². The fraction of sp³-hybridized carbons (Fsp3) is 0.400. The van der Waals surface area contributed by atoms with Crippen molar-refractivity contribution in [3.8, 4) is 0 Å². The quantitative estimate of drug-likeness (QED) is 0.786. The molecule has 0 radical (unpaired) electrons. The topological polar surface area (TPSA) is 37.1 Å². The third-order valence-electron chi connectivity index (χ3n) is 5.12. The summed E-state index contributed by atoms with van der Waals surface area (Å²) in [6.45, 7) is 8.91. The van der Waals surface area contributed by atoms with Gasteiger partial charge in [-0.2, -0.15) is 4.31 Å². The minimum Gasteiger partial charge on any atom is -0.207 e. The maximum Gasteiger partial charge on any atom is 0.243 e. The minimum atomic E-state index is -3.46. The summed E-state index contributed by atoms with van der Waals surface area (Å²) in [4.78, 5) is 0.382. The van der Waals surface area contributed by atoms with Gasteiger partial charge in [0.15, 0.2) is 0 Å². The molecule has 3 rings (SSSR count). The van der Waals surface area contributed by atoms with E-state index in [1.165, 1.54) is 5.56 Å². The smallest absolute Gasteiger partial charge is 0.207 e. The molecule has 0 aromatic heterocycles. The van der Waals surface area contributed by atoms with E-state index in [0.29, 0.717) is 11.4 Å². The van der Waals surface area contributed by atoms with Gasteiger partial charge in [-0.1, -0.05) is 68.8 Å². The third kappa shape index (κ3) is 2.89. The van der Waals surface area contributed by atoms with Gasteiger partial charge in [-0.25, -0.2) is 8.42 Å². The van der Waals surface area contributed by atoms with Gasteiger partial charge >= 0.3 is 0 Å². The predicted octanol–water partition coefficient (Wildman–Crippen LogP) is 4.03. The Kier molecular flexibility index (Phi) is 4.09. The first kappa shape index (κ1) is 17.2. The maximum atomic E-state index is 13.1. The summed E-state index contributed by atoms with van der Waals surface area (Å²) in [7, 11) is -3.46. The van der Waals surface area contributed by atoms with Crippen molar-refractivity contribution < 1.29 is 8.42 Å². The van der Waals surface area contributed by atoms with Crippen LogP contribution in [0.3, 0.4) is 0 Å². The first-order valence-corrected chi connectivity index (χ1v) is 9.74. The van der Waals surface area contributed by atoms with Gasteiger partial charge in [-0.05, 0) is 36.5 Å². The van der Waals surface area contributed by atoms with Gasteiger partial charge in [0.2, 0.25) is 10.0 Å². The molecule has 4 heteroatoms. The summed E-state index contributed by atoms with van der Waals surface area (Å²) in [5.74, 6) is 0. The van der Waals surface area contributed by atoms with Gasteiger partial charge < -0.3 is 0 Å². The van der Waals surface area contributed by atoms with Gasteiger partial charge in [-0.3, -0.25) is 0 Å². The van der Waals surface area contributed by atoms with E-state index in [2.05, 4.69) is 32.9 Å². The molecular weight excluding hydrogens is 318 g/mol. The van der Waals surface area contributed by atoms with Crippen LogP contribution < -0.4 is 0 Å². The van der Waals surface area contributed by atoms with Crippen LogP contribution in [0.1, 0.15) is 31.9 Å². The lowest BCUT2D eigenvalue weighted by Crippen LogP contribution is -2.38. The molecule has 1 fully saturated rings. The fourth-order valence-electron chi connectivity index (χ4n) is 3.31. The second-order valence-corrected chi connectivity index (χ2v) is 9.63. The average molecular weight is 343 g/mol. The Hall–Kier alpha value is -1.65. The van der Waals surface area contributed by atoms with E-state index in [4.69, 9.17) is 0 Å². The molecule has 1 heterocycles. The van der Waals surface area contributed by atoms with Crippen LogP contribution in [0.2, 0.25) is 0 Å². The first-order chi connectivity index (χ1) is 11.2. The Bertz CT molecular complexity index is 820. The van der Waals surface area contributed by atoms with Crippen LogP contribution in [-0.4, -0.2) is 24.8 Å². The Labute approximate surface area is 145 Å². The van der Waals surface area contributed by atoms with Crippen molar-refractivity contribution in [2.45, 2.75) is 44.6 Å². The SMILES string of the molecule is Cc1ccc(S(=O)(=O)N2CC2(Cc2ccccc2)C(C)(C)C)cc1. The number of hydrogen-bond donors (Lipinski definition) is 0. The first-order valence-electron chi connectivity index (χ1n) is 8.30. The van der Waals surface area contributed by atoms with Crippen molar-refractivity contribution in [3.05, 3.63) is 65.7 Å². The molecule has 0 bridgehead atoms. The zero-order chi connectivity index (χ0) is 17.6. The van der Waals surface area contributed by atoms with Gasteiger partial charge in [0.05, 0.1) is 10.4 Å². The monoisotopic (exact) mass is 343 g/mol. The highest BCUT2D eigenvalue weighted by Crippen LogP contribution is 2.52. The van der Waals surface area contributed by atoms with E-state index in [1.54, 1.807) is 16.4 Å². The summed E-state index contributed by atoms with van der Waals surface area (Å²) in [6, 6.07) is 17.3. The Balaban J connectivity index is 1.95. The second-order valence-electron chi connectivity index (χ2n) is 7.77. The lowest BCUT2D eigenvalue weighted by atomic mass is 9.76. The highest BCUT2D eigenvalue weighted by Gasteiger charge is 2.64. The average Bonchev–Trinajstić information content (AvgIpc) is 3.25. The van der Waals surface area contributed by atoms with Crippen LogP contribution in [0, 0.1) is 12.3 Å². The standard InChI is InChI=1S/C20H25NO2S/c1-16-10-12-18(13-11-16)24(22,23)21-15-20(21,19(2,3)4)14-17-8-6-5-7-9-17/h5-13H,14-15H2,1-4H3. The highest BCUT2D eigenvalue weighted by atomic mass is 32.2. The Morgan fingerprint density at radius 3 is 2.12 bits per heavy atom. The summed E-state index contributed by atoms with van der Waals surface area (Å²) in [6.07, 6.45) is 0.739. The number of nitrogens with zero attached hydrogens (tertiary/aromatic N) is 1. The lowest BCUT2D eigenvalue weighted by molar-refractivity contribution is 0.253. The number of sulfonamides is 1. The van der Waals surface area contributed by atoms with Crippen molar-refractivity contribution in [1.29, 1.82) is 0 Å². The molecule has 2 aromatic rings. The van der Waals surface area contributed by atoms with E-state index in [0.717, 1.165) is 12.0 Å². The zero-order valence-corrected chi connectivity index (χ0v) is 15.6. The van der Waals surface area contributed by atoms with Crippen LogP contribution in [0.15, 0.2) is 59.5 Å². The number of rotatable bonds is 4. The minimum absolute atomic E-state index is 0.138. The van der Waals surface area contributed by atoms with Crippen molar-refractivity contribution in [1.82, 2.24) is 4.31 Å². The molecule has 0 spiro atoms. The normalized spacial score (nSPS) is 23.9. The zero-order valence-electron chi connectivity index (χ0n) is 14.8. The molecule has 24 heavy (non-hydrogen) atoms.